The maximum atomic E-state index is 7.51. The first kappa shape index (κ1) is 27.6. The lowest BCUT2D eigenvalue weighted by Crippen LogP contribution is -2.71. The zero-order valence-electron chi connectivity index (χ0n) is 22.1. The summed E-state index contributed by atoms with van der Waals surface area (Å²) in [6.07, 6.45) is 12.1. The molecule has 0 N–H and O–H groups in total. The molecule has 5 heteroatoms. The summed E-state index contributed by atoms with van der Waals surface area (Å²) in [6, 6.07) is 43.7. The fraction of sp³-hybridized carbons (Fsp3) is 0.152. The molecule has 0 fully saturated rings. The normalized spacial score (nSPS) is 11.9. The van der Waals surface area contributed by atoms with E-state index < -0.39 is 25.2 Å². The predicted molar refractivity (Wildman–Crippen MR) is 167 cm³/mol. The van der Waals surface area contributed by atoms with Gasteiger partial charge in [-0.15, -0.1) is 24.7 Å². The van der Waals surface area contributed by atoms with E-state index in [0.717, 1.165) is 26.8 Å². The second-order valence-electron chi connectivity index (χ2n) is 9.57. The van der Waals surface area contributed by atoms with Crippen molar-refractivity contribution in [1.29, 1.82) is 0 Å². The van der Waals surface area contributed by atoms with Gasteiger partial charge in [-0.3, -0.25) is 0 Å². The Balaban J connectivity index is 1.90. The molecule has 0 aliphatic heterocycles. The summed E-state index contributed by atoms with van der Waals surface area (Å²) in [7, 11) is -8.58. The minimum Gasteiger partial charge on any atom is -0.428 e. The highest BCUT2D eigenvalue weighted by Crippen LogP contribution is 2.28. The molecule has 0 aliphatic rings. The fourth-order valence-corrected chi connectivity index (χ4v) is 20.1. The third kappa shape index (κ3) is 5.68. The van der Waals surface area contributed by atoms with Crippen LogP contribution in [0.15, 0.2) is 121 Å². The van der Waals surface area contributed by atoms with Gasteiger partial charge in [0.25, 0.3) is 16.6 Å². The van der Waals surface area contributed by atoms with Crippen LogP contribution >= 0.6 is 0 Å². The second kappa shape index (κ2) is 12.4. The van der Waals surface area contributed by atoms with Gasteiger partial charge in [-0.1, -0.05) is 128 Å². The standard InChI is InChI=1S/C33H34O2Si3/c1-5-28-37(30-20-12-8-13-21-30,31-22-14-9-15-23-31)34-36(4,7-3)35-38(29-6-2,32-24-16-10-17-25-32)33-26-18-11-19-27-33/h1-2,8-27H,7,28-29H2,3-4H3. The Morgan fingerprint density at radius 1 is 0.526 bits per heavy atom. The van der Waals surface area contributed by atoms with Crippen LogP contribution in [0.4, 0.5) is 0 Å². The van der Waals surface area contributed by atoms with Crippen LogP contribution in [-0.4, -0.2) is 25.2 Å². The molecule has 4 aromatic rings. The lowest BCUT2D eigenvalue weighted by Gasteiger charge is -2.44. The van der Waals surface area contributed by atoms with E-state index in [1.807, 2.05) is 24.3 Å². The van der Waals surface area contributed by atoms with Crippen molar-refractivity contribution in [3.8, 4) is 24.7 Å². The summed E-state index contributed by atoms with van der Waals surface area (Å²) in [5.41, 5.74) is 0. The van der Waals surface area contributed by atoms with Crippen molar-refractivity contribution in [3.63, 3.8) is 0 Å². The summed E-state index contributed by atoms with van der Waals surface area (Å²) in [5, 5.41) is 4.62. The van der Waals surface area contributed by atoms with E-state index in [2.05, 4.69) is 122 Å². The predicted octanol–water partition coefficient (Wildman–Crippen LogP) is 4.90. The van der Waals surface area contributed by atoms with Crippen molar-refractivity contribution in [2.75, 3.05) is 0 Å². The zero-order chi connectivity index (χ0) is 26.9. The Morgan fingerprint density at radius 3 is 1.00 bits per heavy atom. The third-order valence-electron chi connectivity index (χ3n) is 7.08. The van der Waals surface area contributed by atoms with Crippen LogP contribution in [0.5, 0.6) is 0 Å². The molecule has 0 radical (unpaired) electrons. The molecular weight excluding hydrogens is 513 g/mol. The van der Waals surface area contributed by atoms with Gasteiger partial charge < -0.3 is 8.23 Å². The molecule has 0 atom stereocenters. The SMILES string of the molecule is C#CC[Si](O[Si](C)(CC)O[Si](CC#C)(c1ccccc1)c1ccccc1)(c1ccccc1)c1ccccc1. The van der Waals surface area contributed by atoms with Crippen LogP contribution in [0.2, 0.25) is 24.7 Å². The van der Waals surface area contributed by atoms with Crippen molar-refractivity contribution in [2.24, 2.45) is 0 Å². The first-order valence-corrected chi connectivity index (χ1v) is 19.8. The van der Waals surface area contributed by atoms with Crippen molar-refractivity contribution < 1.29 is 8.23 Å². The highest BCUT2D eigenvalue weighted by atomic mass is 28.5. The average molecular weight is 547 g/mol. The molecule has 0 amide bonds. The van der Waals surface area contributed by atoms with Crippen LogP contribution < -0.4 is 20.7 Å². The molecular formula is C33H34O2Si3. The van der Waals surface area contributed by atoms with E-state index in [4.69, 9.17) is 21.1 Å². The third-order valence-corrected chi connectivity index (χ3v) is 21.1. The average Bonchev–Trinajstić information content (AvgIpc) is 2.98. The topological polar surface area (TPSA) is 18.5 Å². The fourth-order valence-electron chi connectivity index (χ4n) is 5.07. The largest absolute Gasteiger partial charge is 0.428 e. The molecule has 0 saturated carbocycles. The van der Waals surface area contributed by atoms with Crippen LogP contribution in [0.25, 0.3) is 0 Å². The molecule has 190 valence electrons. The minimum absolute atomic E-state index is 0.521. The molecule has 0 aliphatic carbocycles. The monoisotopic (exact) mass is 546 g/mol. The Kier molecular flexibility index (Phi) is 9.01. The van der Waals surface area contributed by atoms with E-state index in [0.29, 0.717) is 12.1 Å². The van der Waals surface area contributed by atoms with Crippen molar-refractivity contribution >= 4 is 45.9 Å². The maximum Gasteiger partial charge on any atom is 0.315 e. The molecule has 4 rings (SSSR count). The first-order valence-electron chi connectivity index (χ1n) is 13.0. The molecule has 4 aromatic carbocycles. The molecule has 0 bridgehead atoms. The number of rotatable bonds is 11. The van der Waals surface area contributed by atoms with Gasteiger partial charge in [0.1, 0.15) is 0 Å². The lowest BCUT2D eigenvalue weighted by molar-refractivity contribution is 0.394. The number of benzene rings is 4. The van der Waals surface area contributed by atoms with Crippen molar-refractivity contribution in [3.05, 3.63) is 121 Å². The van der Waals surface area contributed by atoms with Crippen LogP contribution in [0, 0.1) is 24.7 Å². The van der Waals surface area contributed by atoms with Gasteiger partial charge in [0, 0.05) is 12.1 Å². The highest BCUT2D eigenvalue weighted by molar-refractivity contribution is 7.06. The summed E-state index contributed by atoms with van der Waals surface area (Å²) in [5.74, 6) is 5.97. The molecule has 0 spiro atoms. The van der Waals surface area contributed by atoms with Gasteiger partial charge in [0.15, 0.2) is 0 Å². The highest BCUT2D eigenvalue weighted by Gasteiger charge is 2.51. The Labute approximate surface area is 231 Å². The van der Waals surface area contributed by atoms with E-state index >= 15 is 0 Å². The summed E-state index contributed by atoms with van der Waals surface area (Å²) in [4.78, 5) is 0. The van der Waals surface area contributed by atoms with Gasteiger partial charge in [0.2, 0.25) is 0 Å². The number of terminal acetylenes is 2. The number of hydrogen-bond acceptors (Lipinski definition) is 2. The van der Waals surface area contributed by atoms with Crippen LogP contribution in [0.1, 0.15) is 6.92 Å². The quantitative estimate of drug-likeness (QED) is 0.197. The molecule has 0 saturated heterocycles. The first-order chi connectivity index (χ1) is 18.5. The molecule has 38 heavy (non-hydrogen) atoms. The van der Waals surface area contributed by atoms with Gasteiger partial charge in [-0.05, 0) is 33.3 Å². The summed E-state index contributed by atoms with van der Waals surface area (Å²) in [6.45, 7) is 4.36. The molecule has 0 heterocycles. The molecule has 0 unspecified atom stereocenters. The van der Waals surface area contributed by atoms with E-state index in [1.165, 1.54) is 0 Å². The Hall–Kier alpha value is -3.43. The van der Waals surface area contributed by atoms with Crippen LogP contribution in [0.3, 0.4) is 0 Å². The minimum atomic E-state index is -2.87. The van der Waals surface area contributed by atoms with Gasteiger partial charge in [0.05, 0.1) is 0 Å². The van der Waals surface area contributed by atoms with Crippen molar-refractivity contribution in [1.82, 2.24) is 0 Å². The molecule has 0 aromatic heterocycles. The smallest absolute Gasteiger partial charge is 0.315 e. The van der Waals surface area contributed by atoms with Crippen LogP contribution in [-0.2, 0) is 8.23 Å². The Morgan fingerprint density at radius 2 is 0.789 bits per heavy atom. The van der Waals surface area contributed by atoms with Gasteiger partial charge >= 0.3 is 8.56 Å². The zero-order valence-corrected chi connectivity index (χ0v) is 25.1. The maximum absolute atomic E-state index is 7.51. The van der Waals surface area contributed by atoms with Gasteiger partial charge in [-0.2, -0.15) is 0 Å². The van der Waals surface area contributed by atoms with Crippen molar-refractivity contribution in [2.45, 2.75) is 31.6 Å². The van der Waals surface area contributed by atoms with E-state index in [-0.39, 0.29) is 0 Å². The molecule has 2 nitrogen and oxygen atoms in total. The van der Waals surface area contributed by atoms with Gasteiger partial charge in [-0.25, -0.2) is 0 Å². The number of hydrogen-bond donors (Lipinski definition) is 0. The lowest BCUT2D eigenvalue weighted by atomic mass is 10.4. The second-order valence-corrected chi connectivity index (χ2v) is 20.5. The van der Waals surface area contributed by atoms with E-state index in [1.54, 1.807) is 0 Å². The summed E-state index contributed by atoms with van der Waals surface area (Å²) < 4.78 is 15.0. The van der Waals surface area contributed by atoms with E-state index in [9.17, 15) is 0 Å². The summed E-state index contributed by atoms with van der Waals surface area (Å²) >= 11 is 0. The Bertz CT molecular complexity index is 1190.